The second-order valence-electron chi connectivity index (χ2n) is 14.4. The predicted octanol–water partition coefficient (Wildman–Crippen LogP) is 13.3. The van der Waals surface area contributed by atoms with Crippen LogP contribution in [0.3, 0.4) is 0 Å². The minimum Gasteiger partial charge on any atom is -0.456 e. The minimum absolute atomic E-state index is 0.618. The van der Waals surface area contributed by atoms with Gasteiger partial charge in [0, 0.05) is 44.2 Å². The van der Waals surface area contributed by atoms with E-state index in [0.717, 1.165) is 39.4 Å². The van der Waals surface area contributed by atoms with E-state index in [4.69, 9.17) is 4.42 Å². The topological polar surface area (TPSA) is 21.3 Å². The molecule has 12 rings (SSSR count). The van der Waals surface area contributed by atoms with Gasteiger partial charge in [0.15, 0.2) is 0 Å². The predicted molar refractivity (Wildman–Crippen MR) is 222 cm³/mol. The number of fused-ring (bicyclic) bond motifs is 15. The lowest BCUT2D eigenvalue weighted by Crippen LogP contribution is -2.26. The van der Waals surface area contributed by atoms with Gasteiger partial charge in [-0.25, -0.2) is 0 Å². The average Bonchev–Trinajstić information content (AvgIpc) is 3.95. The molecule has 2 heterocycles. The molecule has 0 N–H and O–H groups in total. The second-order valence-corrected chi connectivity index (χ2v) is 14.4. The van der Waals surface area contributed by atoms with Gasteiger partial charge >= 0.3 is 0 Å². The fourth-order valence-electron chi connectivity index (χ4n) is 9.82. The van der Waals surface area contributed by atoms with E-state index in [9.17, 15) is 0 Å². The van der Waals surface area contributed by atoms with E-state index in [-0.39, 0.29) is 0 Å². The Morgan fingerprint density at radius 1 is 0.426 bits per heavy atom. The number of furan rings is 1. The van der Waals surface area contributed by atoms with Crippen LogP contribution in [0.15, 0.2) is 199 Å². The second kappa shape index (κ2) is 11.0. The molecular weight excluding hydrogens is 657 g/mol. The number of rotatable bonds is 4. The zero-order valence-electron chi connectivity index (χ0n) is 29.3. The third-order valence-electron chi connectivity index (χ3n) is 11.8. The van der Waals surface area contributed by atoms with Crippen LogP contribution in [0.5, 0.6) is 0 Å². The summed E-state index contributed by atoms with van der Waals surface area (Å²) in [5.74, 6) is 0.934. The molecule has 2 aliphatic carbocycles. The van der Waals surface area contributed by atoms with Crippen molar-refractivity contribution in [2.75, 3.05) is 4.90 Å². The molecule has 0 aliphatic heterocycles. The minimum atomic E-state index is -0.618. The molecule has 0 saturated carbocycles. The highest BCUT2D eigenvalue weighted by Gasteiger charge is 2.56. The molecule has 2 aliphatic rings. The van der Waals surface area contributed by atoms with E-state index in [0.29, 0.717) is 0 Å². The third-order valence-corrected chi connectivity index (χ3v) is 11.8. The Hall–Kier alpha value is -7.10. The van der Waals surface area contributed by atoms with Crippen LogP contribution in [0.4, 0.5) is 17.1 Å². The van der Waals surface area contributed by atoms with E-state index in [1.54, 1.807) is 0 Å². The quantitative estimate of drug-likeness (QED) is 0.184. The molecule has 0 amide bonds. The van der Waals surface area contributed by atoms with Crippen molar-refractivity contribution < 1.29 is 4.42 Å². The van der Waals surface area contributed by atoms with Gasteiger partial charge in [-0.1, -0.05) is 140 Å². The number of nitrogens with zero attached hydrogens (tertiary/aromatic N) is 2. The van der Waals surface area contributed by atoms with Crippen LogP contribution in [0.25, 0.3) is 60.9 Å². The standard InChI is InChI=1S/C51H32N2O/c1-3-17-33(18-4-1)52(34-19-5-2-6-20-34)45-31-16-27-41-48(45)50-49(38-24-10-14-32-46(38)54-50)51(41)39-25-11-7-23-37(39)47-40(51)26-15-30-44(47)53-42-28-12-8-21-35(42)36-22-9-13-29-43(36)53/h1-32H. The zero-order chi connectivity index (χ0) is 35.4. The largest absolute Gasteiger partial charge is 0.456 e. The first-order valence-corrected chi connectivity index (χ1v) is 18.6. The van der Waals surface area contributed by atoms with Crippen molar-refractivity contribution in [3.63, 3.8) is 0 Å². The summed E-state index contributed by atoms with van der Waals surface area (Å²) in [6.07, 6.45) is 0. The number of hydrogen-bond acceptors (Lipinski definition) is 2. The summed E-state index contributed by atoms with van der Waals surface area (Å²) >= 11 is 0. The molecule has 0 saturated heterocycles. The van der Waals surface area contributed by atoms with Crippen molar-refractivity contribution in [1.29, 1.82) is 0 Å². The number of aromatic nitrogens is 1. The maximum Gasteiger partial charge on any atom is 0.142 e. The van der Waals surface area contributed by atoms with E-state index >= 15 is 0 Å². The molecule has 10 aromatic rings. The third kappa shape index (κ3) is 3.70. The van der Waals surface area contributed by atoms with Gasteiger partial charge in [0.2, 0.25) is 0 Å². The Labute approximate surface area is 312 Å². The highest BCUT2D eigenvalue weighted by Crippen LogP contribution is 2.67. The fourth-order valence-corrected chi connectivity index (χ4v) is 9.82. The van der Waals surface area contributed by atoms with Gasteiger partial charge in [-0.05, 0) is 76.9 Å². The van der Waals surface area contributed by atoms with E-state index in [1.807, 2.05) is 0 Å². The highest BCUT2D eigenvalue weighted by molar-refractivity contribution is 6.11. The molecule has 1 spiro atoms. The Balaban J connectivity index is 1.24. The lowest BCUT2D eigenvalue weighted by Gasteiger charge is -2.31. The van der Waals surface area contributed by atoms with Crippen molar-refractivity contribution >= 4 is 49.8 Å². The zero-order valence-corrected chi connectivity index (χ0v) is 29.3. The molecule has 252 valence electrons. The Morgan fingerprint density at radius 2 is 0.963 bits per heavy atom. The van der Waals surface area contributed by atoms with Crippen molar-refractivity contribution in [2.24, 2.45) is 0 Å². The summed E-state index contributed by atoms with van der Waals surface area (Å²) in [7, 11) is 0. The summed E-state index contributed by atoms with van der Waals surface area (Å²) in [6, 6.07) is 70.4. The first-order valence-electron chi connectivity index (χ1n) is 18.6. The van der Waals surface area contributed by atoms with Crippen molar-refractivity contribution in [1.82, 2.24) is 4.57 Å². The summed E-state index contributed by atoms with van der Waals surface area (Å²) in [5, 5.41) is 3.66. The molecule has 0 bridgehead atoms. The van der Waals surface area contributed by atoms with Gasteiger partial charge in [-0.15, -0.1) is 0 Å². The van der Waals surface area contributed by atoms with Crippen LogP contribution in [0, 0.1) is 0 Å². The Bertz CT molecular complexity index is 3020. The van der Waals surface area contributed by atoms with Gasteiger partial charge < -0.3 is 13.9 Å². The van der Waals surface area contributed by atoms with Gasteiger partial charge in [-0.2, -0.15) is 0 Å². The fraction of sp³-hybridized carbons (Fsp3) is 0.0196. The van der Waals surface area contributed by atoms with Crippen molar-refractivity contribution in [2.45, 2.75) is 5.41 Å². The van der Waals surface area contributed by atoms with E-state index in [1.165, 1.54) is 60.9 Å². The molecule has 1 atom stereocenters. The molecule has 0 radical (unpaired) electrons. The first-order chi connectivity index (χ1) is 26.8. The maximum atomic E-state index is 7.10. The molecule has 1 unspecified atom stereocenters. The molecule has 54 heavy (non-hydrogen) atoms. The number of benzene rings is 8. The summed E-state index contributed by atoms with van der Waals surface area (Å²) in [4.78, 5) is 2.38. The van der Waals surface area contributed by atoms with Gasteiger partial charge in [0.1, 0.15) is 11.3 Å². The highest BCUT2D eigenvalue weighted by atomic mass is 16.3. The van der Waals surface area contributed by atoms with E-state index in [2.05, 4.69) is 204 Å². The number of hydrogen-bond donors (Lipinski definition) is 0. The van der Waals surface area contributed by atoms with Crippen molar-refractivity contribution in [3.8, 4) is 28.1 Å². The maximum absolute atomic E-state index is 7.10. The summed E-state index contributed by atoms with van der Waals surface area (Å²) < 4.78 is 9.58. The molecule has 3 nitrogen and oxygen atoms in total. The van der Waals surface area contributed by atoms with Crippen LogP contribution >= 0.6 is 0 Å². The summed E-state index contributed by atoms with van der Waals surface area (Å²) in [6.45, 7) is 0. The summed E-state index contributed by atoms with van der Waals surface area (Å²) in [5.41, 5.74) is 15.8. The van der Waals surface area contributed by atoms with E-state index < -0.39 is 5.41 Å². The lowest BCUT2D eigenvalue weighted by molar-refractivity contribution is 0.628. The van der Waals surface area contributed by atoms with Gasteiger partial charge in [0.05, 0.1) is 27.8 Å². The van der Waals surface area contributed by atoms with Crippen LogP contribution in [0.2, 0.25) is 0 Å². The van der Waals surface area contributed by atoms with Crippen LogP contribution in [0.1, 0.15) is 22.3 Å². The Morgan fingerprint density at radius 3 is 1.67 bits per heavy atom. The van der Waals surface area contributed by atoms with Gasteiger partial charge in [0.25, 0.3) is 0 Å². The molecule has 3 heteroatoms. The van der Waals surface area contributed by atoms with Crippen molar-refractivity contribution in [3.05, 3.63) is 216 Å². The lowest BCUT2D eigenvalue weighted by atomic mass is 9.70. The smallest absolute Gasteiger partial charge is 0.142 e. The van der Waals surface area contributed by atoms with Crippen LogP contribution in [-0.4, -0.2) is 4.57 Å². The SMILES string of the molecule is c1ccc(N(c2ccccc2)c2cccc3c2-c2oc4ccccc4c2C32c3ccccc3-c3c(-n4c5ccccc5c5ccccc54)cccc32)cc1. The molecule has 0 fully saturated rings. The average molecular weight is 689 g/mol. The monoisotopic (exact) mass is 688 g/mol. The number of anilines is 3. The Kier molecular flexibility index (Phi) is 5.98. The molecule has 2 aromatic heterocycles. The molecular formula is C51H32N2O. The van der Waals surface area contributed by atoms with Crippen LogP contribution < -0.4 is 4.90 Å². The number of para-hydroxylation sites is 5. The normalized spacial score (nSPS) is 15.1. The first kappa shape index (κ1) is 29.5. The van der Waals surface area contributed by atoms with Gasteiger partial charge in [-0.3, -0.25) is 0 Å². The molecule has 8 aromatic carbocycles. The van der Waals surface area contributed by atoms with Crippen LogP contribution in [-0.2, 0) is 5.41 Å².